The van der Waals surface area contributed by atoms with Gasteiger partial charge in [0.25, 0.3) is 0 Å². The molecule has 3 N–H and O–H groups in total. The van der Waals surface area contributed by atoms with Crippen LogP contribution in [0.2, 0.25) is 5.02 Å². The number of hydrogen-bond acceptors (Lipinski definition) is 4. The van der Waals surface area contributed by atoms with E-state index in [0.717, 1.165) is 16.9 Å². The summed E-state index contributed by atoms with van der Waals surface area (Å²) >= 11 is 7.72. The van der Waals surface area contributed by atoms with Gasteiger partial charge < -0.3 is 5.73 Å². The maximum atomic E-state index is 11.7. The first-order valence-electron chi connectivity index (χ1n) is 6.89. The molecule has 0 radical (unpaired) electrons. The third kappa shape index (κ3) is 3.90. The minimum atomic E-state index is -0.185. The van der Waals surface area contributed by atoms with E-state index >= 15 is 0 Å². The minimum Gasteiger partial charge on any atom is -0.328 e. The highest BCUT2D eigenvalue weighted by Crippen LogP contribution is 2.33. The van der Waals surface area contributed by atoms with Gasteiger partial charge >= 0.3 is 5.69 Å². The molecule has 1 aromatic heterocycles. The molecule has 1 atom stereocenters. The van der Waals surface area contributed by atoms with Gasteiger partial charge in [0.1, 0.15) is 0 Å². The molecule has 0 saturated carbocycles. The molecule has 0 bridgehead atoms. The quantitative estimate of drug-likeness (QED) is 0.855. The van der Waals surface area contributed by atoms with Crippen LogP contribution in [0.25, 0.3) is 0 Å². The molecule has 2 rings (SSSR count). The molecule has 0 aliphatic carbocycles. The Hall–Kier alpha value is -1.24. The van der Waals surface area contributed by atoms with Crippen molar-refractivity contribution < 1.29 is 0 Å². The molecule has 1 heterocycles. The minimum absolute atomic E-state index is 0.0151. The molecule has 1 aromatic carbocycles. The smallest absolute Gasteiger partial charge is 0.328 e. The summed E-state index contributed by atoms with van der Waals surface area (Å²) in [5.41, 5.74) is 6.71. The van der Waals surface area contributed by atoms with Crippen molar-refractivity contribution in [3.8, 4) is 0 Å². The Morgan fingerprint density at radius 1 is 1.52 bits per heavy atom. The van der Waals surface area contributed by atoms with E-state index in [2.05, 4.69) is 10.2 Å². The lowest BCUT2D eigenvalue weighted by molar-refractivity contribution is 0.603. The molecule has 2 aromatic rings. The molecule has 0 amide bonds. The average Bonchev–Trinajstić information content (AvgIpc) is 2.76. The highest BCUT2D eigenvalue weighted by molar-refractivity contribution is 7.99. The van der Waals surface area contributed by atoms with Crippen molar-refractivity contribution in [3.05, 3.63) is 39.3 Å². The van der Waals surface area contributed by atoms with Gasteiger partial charge in [0.15, 0.2) is 5.16 Å². The van der Waals surface area contributed by atoms with Crippen LogP contribution >= 0.6 is 23.4 Å². The fraction of sp³-hybridized carbons (Fsp3) is 0.429. The summed E-state index contributed by atoms with van der Waals surface area (Å²) in [6.45, 7) is 4.61. The normalized spacial score (nSPS) is 12.6. The van der Waals surface area contributed by atoms with Crippen molar-refractivity contribution in [2.75, 3.05) is 0 Å². The summed E-state index contributed by atoms with van der Waals surface area (Å²) in [4.78, 5) is 12.7. The summed E-state index contributed by atoms with van der Waals surface area (Å²) < 4.78 is 1.64. The first-order valence-corrected chi connectivity index (χ1v) is 8.08. The van der Waals surface area contributed by atoms with E-state index in [1.54, 1.807) is 4.57 Å². The summed E-state index contributed by atoms with van der Waals surface area (Å²) in [7, 11) is 0. The van der Waals surface area contributed by atoms with Crippen LogP contribution in [0.3, 0.4) is 0 Å². The number of hydrogen-bond donors (Lipinski definition) is 2. The third-order valence-electron chi connectivity index (χ3n) is 2.97. The molecule has 0 spiro atoms. The molecule has 0 aliphatic heterocycles. The van der Waals surface area contributed by atoms with E-state index in [1.165, 1.54) is 11.8 Å². The molecule has 7 heteroatoms. The molecule has 0 fully saturated rings. The summed E-state index contributed by atoms with van der Waals surface area (Å²) in [5.74, 6) is 0. The predicted octanol–water partition coefficient (Wildman–Crippen LogP) is 2.68. The second-order valence-corrected chi connectivity index (χ2v) is 6.38. The van der Waals surface area contributed by atoms with E-state index in [1.807, 2.05) is 32.0 Å². The van der Waals surface area contributed by atoms with Crippen molar-refractivity contribution in [2.45, 2.75) is 49.3 Å². The average molecular weight is 327 g/mol. The standard InChI is InChI=1S/C14H19ClN4OS/c1-3-7-19-13(20)17-18-14(19)21-12-6-4-5-11(15)10(12)8-9(2)16/h4-6,9H,3,7-8,16H2,1-2H3,(H,17,20). The van der Waals surface area contributed by atoms with Crippen LogP contribution in [0.4, 0.5) is 0 Å². The zero-order chi connectivity index (χ0) is 15.4. The topological polar surface area (TPSA) is 76.7 Å². The number of halogens is 1. The number of aromatic nitrogens is 3. The monoisotopic (exact) mass is 326 g/mol. The van der Waals surface area contributed by atoms with Crippen LogP contribution in [-0.4, -0.2) is 20.8 Å². The van der Waals surface area contributed by atoms with Gasteiger partial charge in [-0.3, -0.25) is 4.57 Å². The van der Waals surface area contributed by atoms with Crippen LogP contribution in [0.5, 0.6) is 0 Å². The Morgan fingerprint density at radius 2 is 2.29 bits per heavy atom. The lowest BCUT2D eigenvalue weighted by atomic mass is 10.1. The second-order valence-electron chi connectivity index (χ2n) is 4.96. The Morgan fingerprint density at radius 3 is 2.95 bits per heavy atom. The largest absolute Gasteiger partial charge is 0.343 e. The Kier molecular flexibility index (Phi) is 5.50. The summed E-state index contributed by atoms with van der Waals surface area (Å²) in [6, 6.07) is 5.74. The van der Waals surface area contributed by atoms with Crippen LogP contribution in [0, 0.1) is 0 Å². The maximum absolute atomic E-state index is 11.7. The summed E-state index contributed by atoms with van der Waals surface area (Å²) in [5, 5.41) is 7.93. The van der Waals surface area contributed by atoms with Gasteiger partial charge in [0.2, 0.25) is 0 Å². The zero-order valence-electron chi connectivity index (χ0n) is 12.1. The van der Waals surface area contributed by atoms with Crippen LogP contribution in [-0.2, 0) is 13.0 Å². The first-order chi connectivity index (χ1) is 10.0. The summed E-state index contributed by atoms with van der Waals surface area (Å²) in [6.07, 6.45) is 1.56. The number of rotatable bonds is 6. The Bertz CT molecular complexity index is 665. The van der Waals surface area contributed by atoms with Gasteiger partial charge in [0.05, 0.1) is 0 Å². The molecular weight excluding hydrogens is 308 g/mol. The number of nitrogens with zero attached hydrogens (tertiary/aromatic N) is 2. The van der Waals surface area contributed by atoms with Crippen LogP contribution in [0.15, 0.2) is 33.0 Å². The van der Waals surface area contributed by atoms with Gasteiger partial charge in [0, 0.05) is 22.5 Å². The van der Waals surface area contributed by atoms with Crippen molar-refractivity contribution in [3.63, 3.8) is 0 Å². The molecule has 0 saturated heterocycles. The highest BCUT2D eigenvalue weighted by Gasteiger charge is 2.14. The van der Waals surface area contributed by atoms with Crippen molar-refractivity contribution in [2.24, 2.45) is 5.73 Å². The molecule has 5 nitrogen and oxygen atoms in total. The van der Waals surface area contributed by atoms with Gasteiger partial charge in [-0.15, -0.1) is 5.10 Å². The number of H-pyrrole nitrogens is 1. The number of nitrogens with two attached hydrogens (primary N) is 1. The Labute approximate surface area is 132 Å². The molecular formula is C14H19ClN4OS. The first kappa shape index (κ1) is 16.1. The SMILES string of the molecule is CCCn1c(Sc2cccc(Cl)c2CC(C)N)n[nH]c1=O. The number of aromatic amines is 1. The Balaban J connectivity index is 2.36. The fourth-order valence-electron chi connectivity index (χ4n) is 2.05. The second kappa shape index (κ2) is 7.15. The lowest BCUT2D eigenvalue weighted by Gasteiger charge is -2.13. The molecule has 21 heavy (non-hydrogen) atoms. The van der Waals surface area contributed by atoms with Gasteiger partial charge in [-0.25, -0.2) is 9.89 Å². The lowest BCUT2D eigenvalue weighted by Crippen LogP contribution is -2.19. The van der Waals surface area contributed by atoms with E-state index in [4.69, 9.17) is 17.3 Å². The third-order valence-corrected chi connectivity index (χ3v) is 4.42. The van der Waals surface area contributed by atoms with E-state index in [0.29, 0.717) is 23.1 Å². The number of nitrogens with one attached hydrogen (secondary N) is 1. The van der Waals surface area contributed by atoms with Crippen molar-refractivity contribution in [1.82, 2.24) is 14.8 Å². The van der Waals surface area contributed by atoms with Crippen LogP contribution in [0.1, 0.15) is 25.8 Å². The molecule has 1 unspecified atom stereocenters. The van der Waals surface area contributed by atoms with Crippen LogP contribution < -0.4 is 11.4 Å². The van der Waals surface area contributed by atoms with Gasteiger partial charge in [-0.05, 0) is 49.2 Å². The van der Waals surface area contributed by atoms with Crippen molar-refractivity contribution in [1.29, 1.82) is 0 Å². The fourth-order valence-corrected chi connectivity index (χ4v) is 3.40. The van der Waals surface area contributed by atoms with E-state index < -0.39 is 0 Å². The van der Waals surface area contributed by atoms with E-state index in [9.17, 15) is 4.79 Å². The van der Waals surface area contributed by atoms with Gasteiger partial charge in [-0.2, -0.15) is 0 Å². The number of benzene rings is 1. The van der Waals surface area contributed by atoms with E-state index in [-0.39, 0.29) is 11.7 Å². The zero-order valence-corrected chi connectivity index (χ0v) is 13.7. The van der Waals surface area contributed by atoms with Crippen molar-refractivity contribution >= 4 is 23.4 Å². The predicted molar refractivity (Wildman–Crippen MR) is 86.1 cm³/mol. The molecule has 0 aliphatic rings. The highest BCUT2D eigenvalue weighted by atomic mass is 35.5. The maximum Gasteiger partial charge on any atom is 0.343 e. The molecule has 114 valence electrons. The van der Waals surface area contributed by atoms with Gasteiger partial charge in [-0.1, -0.05) is 24.6 Å².